The van der Waals surface area contributed by atoms with Gasteiger partial charge in [0, 0.05) is 24.9 Å². The number of likely N-dealkylation sites (tertiary alicyclic amines) is 1. The number of carbonyl (C=O) groups excluding carboxylic acids is 1. The second-order valence-corrected chi connectivity index (χ2v) is 9.83. The molecular formula is C28H38N2O3. The zero-order valence-electron chi connectivity index (χ0n) is 19.7. The summed E-state index contributed by atoms with van der Waals surface area (Å²) in [7, 11) is 0. The van der Waals surface area contributed by atoms with E-state index in [1.54, 1.807) is 6.20 Å². The van der Waals surface area contributed by atoms with Crippen molar-refractivity contribution < 1.29 is 14.6 Å². The second kappa shape index (κ2) is 11.8. The summed E-state index contributed by atoms with van der Waals surface area (Å²) in [4.78, 5) is 20.1. The maximum absolute atomic E-state index is 13.4. The first-order valence-electron chi connectivity index (χ1n) is 12.7. The molecule has 5 heteroatoms. The largest absolute Gasteiger partial charge is 0.463 e. The molecule has 1 aliphatic carbocycles. The first-order valence-corrected chi connectivity index (χ1v) is 12.7. The van der Waals surface area contributed by atoms with Gasteiger partial charge in [-0.2, -0.15) is 0 Å². The van der Waals surface area contributed by atoms with Crippen molar-refractivity contribution in [3.63, 3.8) is 0 Å². The average Bonchev–Trinajstić information content (AvgIpc) is 3.38. The van der Waals surface area contributed by atoms with Crippen LogP contribution in [0.1, 0.15) is 62.5 Å². The number of carbonyl (C=O) groups is 1. The Labute approximate surface area is 198 Å². The fraction of sp³-hybridized carbons (Fsp3) is 0.571. The number of pyridine rings is 1. The molecule has 2 fully saturated rings. The third-order valence-corrected chi connectivity index (χ3v) is 7.44. The number of rotatable bonds is 10. The van der Waals surface area contributed by atoms with Gasteiger partial charge < -0.3 is 14.7 Å². The van der Waals surface area contributed by atoms with Crippen molar-refractivity contribution in [2.24, 2.45) is 11.8 Å². The molecule has 0 radical (unpaired) electrons. The van der Waals surface area contributed by atoms with Gasteiger partial charge in [-0.15, -0.1) is 0 Å². The molecule has 0 amide bonds. The van der Waals surface area contributed by atoms with Crippen LogP contribution in [-0.4, -0.2) is 47.2 Å². The maximum Gasteiger partial charge on any atom is 0.343 e. The number of aliphatic hydroxyl groups is 1. The van der Waals surface area contributed by atoms with Crippen LogP contribution in [0.15, 0.2) is 54.9 Å². The predicted octanol–water partition coefficient (Wildman–Crippen LogP) is 4.74. The molecule has 1 unspecified atom stereocenters. The van der Waals surface area contributed by atoms with Crippen LogP contribution in [-0.2, 0) is 21.6 Å². The average molecular weight is 451 g/mol. The summed E-state index contributed by atoms with van der Waals surface area (Å²) in [5, 5.41) is 11.7. The Hall–Kier alpha value is -2.24. The van der Waals surface area contributed by atoms with Gasteiger partial charge in [-0.25, -0.2) is 4.79 Å². The zero-order valence-corrected chi connectivity index (χ0v) is 19.7. The quantitative estimate of drug-likeness (QED) is 0.530. The first kappa shape index (κ1) is 23.9. The lowest BCUT2D eigenvalue weighted by atomic mass is 9.73. The lowest BCUT2D eigenvalue weighted by Crippen LogP contribution is -2.45. The van der Waals surface area contributed by atoms with Crippen molar-refractivity contribution in [3.05, 3.63) is 66.0 Å². The number of ether oxygens (including phenoxy) is 1. The van der Waals surface area contributed by atoms with Crippen molar-refractivity contribution in [1.29, 1.82) is 0 Å². The van der Waals surface area contributed by atoms with Gasteiger partial charge in [0.15, 0.2) is 5.60 Å². The fourth-order valence-electron chi connectivity index (χ4n) is 5.60. The van der Waals surface area contributed by atoms with Crippen molar-refractivity contribution in [2.75, 3.05) is 26.2 Å². The Morgan fingerprint density at radius 2 is 1.82 bits per heavy atom. The molecule has 0 spiro atoms. The number of nitrogens with zero attached hydrogens (tertiary/aromatic N) is 2. The summed E-state index contributed by atoms with van der Waals surface area (Å²) in [5.41, 5.74) is 0.317. The molecule has 1 aromatic heterocycles. The lowest BCUT2D eigenvalue weighted by Gasteiger charge is -2.37. The van der Waals surface area contributed by atoms with E-state index in [0.717, 1.165) is 58.2 Å². The molecular weight excluding hydrogens is 412 g/mol. The molecule has 1 aromatic carbocycles. The third-order valence-electron chi connectivity index (χ3n) is 7.44. The Morgan fingerprint density at radius 1 is 1.06 bits per heavy atom. The van der Waals surface area contributed by atoms with Gasteiger partial charge in [0.1, 0.15) is 0 Å². The van der Waals surface area contributed by atoms with Gasteiger partial charge >= 0.3 is 5.97 Å². The van der Waals surface area contributed by atoms with E-state index in [0.29, 0.717) is 18.1 Å². The summed E-state index contributed by atoms with van der Waals surface area (Å²) >= 11 is 0. The Morgan fingerprint density at radius 3 is 2.52 bits per heavy atom. The molecule has 178 valence electrons. The fourth-order valence-corrected chi connectivity index (χ4v) is 5.60. The van der Waals surface area contributed by atoms with Crippen LogP contribution < -0.4 is 0 Å². The summed E-state index contributed by atoms with van der Waals surface area (Å²) in [6.45, 7) is 3.65. The Bertz CT molecular complexity index is 848. The predicted molar refractivity (Wildman–Crippen MR) is 130 cm³/mol. The number of hydrogen-bond donors (Lipinski definition) is 1. The number of esters is 1. The first-order chi connectivity index (χ1) is 16.2. The van der Waals surface area contributed by atoms with Gasteiger partial charge in [0.2, 0.25) is 0 Å². The Kier molecular flexibility index (Phi) is 8.51. The highest BCUT2D eigenvalue weighted by Gasteiger charge is 2.47. The molecule has 2 aromatic rings. The van der Waals surface area contributed by atoms with E-state index < -0.39 is 11.6 Å². The van der Waals surface area contributed by atoms with E-state index in [1.165, 1.54) is 24.8 Å². The summed E-state index contributed by atoms with van der Waals surface area (Å²) in [6, 6.07) is 13.5. The van der Waals surface area contributed by atoms with E-state index in [4.69, 9.17) is 4.74 Å². The SMILES string of the molecule is O=C(OCC[C@@H](Cc1cccnc1)CN1CCCC1)C(O)(c1ccccc1)C1CCCCC1. The van der Waals surface area contributed by atoms with Gasteiger partial charge in [-0.05, 0) is 74.7 Å². The standard InChI is InChI=1S/C28H38N2O3/c31-27(28(32,25-11-3-1-4-12-25)26-13-5-2-6-14-26)33-19-15-24(22-30-17-7-8-18-30)20-23-10-9-16-29-21-23/h1,3-4,9-12,16,21,24,26,32H,2,5-8,13-15,17-20,22H2/t24-,28?/m0/s1. The number of aromatic nitrogens is 1. The van der Waals surface area contributed by atoms with E-state index in [9.17, 15) is 9.90 Å². The molecule has 0 bridgehead atoms. The monoisotopic (exact) mass is 450 g/mol. The summed E-state index contributed by atoms with van der Waals surface area (Å²) in [5.74, 6) is -0.182. The van der Waals surface area contributed by atoms with Crippen LogP contribution in [0.4, 0.5) is 0 Å². The van der Waals surface area contributed by atoms with E-state index in [-0.39, 0.29) is 5.92 Å². The highest BCUT2D eigenvalue weighted by Crippen LogP contribution is 2.40. The van der Waals surface area contributed by atoms with E-state index in [2.05, 4.69) is 16.0 Å². The zero-order chi connectivity index (χ0) is 22.9. The lowest BCUT2D eigenvalue weighted by molar-refractivity contribution is -0.176. The third kappa shape index (κ3) is 6.21. The smallest absolute Gasteiger partial charge is 0.343 e. The van der Waals surface area contributed by atoms with Gasteiger partial charge in [0.25, 0.3) is 0 Å². The normalized spacial score (nSPS) is 20.3. The molecule has 33 heavy (non-hydrogen) atoms. The maximum atomic E-state index is 13.4. The van der Waals surface area contributed by atoms with Crippen LogP contribution in [0.2, 0.25) is 0 Å². The highest BCUT2D eigenvalue weighted by atomic mass is 16.5. The van der Waals surface area contributed by atoms with E-state index in [1.807, 2.05) is 42.6 Å². The minimum atomic E-state index is -1.56. The van der Waals surface area contributed by atoms with Crippen molar-refractivity contribution >= 4 is 5.97 Å². The van der Waals surface area contributed by atoms with Gasteiger partial charge in [-0.3, -0.25) is 4.98 Å². The molecule has 2 heterocycles. The molecule has 2 atom stereocenters. The topological polar surface area (TPSA) is 62.7 Å². The molecule has 1 saturated carbocycles. The Balaban J connectivity index is 1.41. The minimum absolute atomic E-state index is 0.0862. The van der Waals surface area contributed by atoms with Crippen molar-refractivity contribution in [3.8, 4) is 0 Å². The van der Waals surface area contributed by atoms with Crippen LogP contribution in [0, 0.1) is 11.8 Å². The van der Waals surface area contributed by atoms with Crippen molar-refractivity contribution in [2.45, 2.75) is 63.4 Å². The molecule has 2 aliphatic rings. The number of hydrogen-bond acceptors (Lipinski definition) is 5. The molecule has 1 aliphatic heterocycles. The summed E-state index contributed by atoms with van der Waals surface area (Å²) < 4.78 is 5.82. The van der Waals surface area contributed by atoms with Crippen LogP contribution in [0.25, 0.3) is 0 Å². The summed E-state index contributed by atoms with van der Waals surface area (Å²) in [6.07, 6.45) is 13.0. The van der Waals surface area contributed by atoms with Crippen LogP contribution in [0.5, 0.6) is 0 Å². The van der Waals surface area contributed by atoms with Crippen LogP contribution >= 0.6 is 0 Å². The molecule has 5 nitrogen and oxygen atoms in total. The second-order valence-electron chi connectivity index (χ2n) is 9.83. The number of benzene rings is 1. The van der Waals surface area contributed by atoms with Crippen molar-refractivity contribution in [1.82, 2.24) is 9.88 Å². The molecule has 1 saturated heterocycles. The minimum Gasteiger partial charge on any atom is -0.463 e. The van der Waals surface area contributed by atoms with E-state index >= 15 is 0 Å². The van der Waals surface area contributed by atoms with Gasteiger partial charge in [-0.1, -0.05) is 55.7 Å². The van der Waals surface area contributed by atoms with Gasteiger partial charge in [0.05, 0.1) is 6.61 Å². The molecule has 1 N–H and O–H groups in total. The highest BCUT2D eigenvalue weighted by molar-refractivity contribution is 5.81. The van der Waals surface area contributed by atoms with Crippen LogP contribution in [0.3, 0.4) is 0 Å². The molecule has 4 rings (SSSR count).